The summed E-state index contributed by atoms with van der Waals surface area (Å²) >= 11 is 0. The van der Waals surface area contributed by atoms with Crippen LogP contribution < -0.4 is 10.3 Å². The van der Waals surface area contributed by atoms with E-state index in [0.29, 0.717) is 42.3 Å². The molecule has 196 valence electrons. The molecule has 2 aromatic heterocycles. The van der Waals surface area contributed by atoms with Gasteiger partial charge in [0.25, 0.3) is 5.56 Å². The number of H-pyrrole nitrogens is 1. The molecule has 0 fully saturated rings. The fourth-order valence-electron chi connectivity index (χ4n) is 5.15. The molecular weight excluding hydrogens is 495 g/mol. The summed E-state index contributed by atoms with van der Waals surface area (Å²) in [7, 11) is 1.60. The molecule has 1 N–H and O–H groups in total. The van der Waals surface area contributed by atoms with Crippen LogP contribution in [-0.2, 0) is 6.54 Å². The third kappa shape index (κ3) is 5.08. The Hall–Kier alpha value is -4.63. The number of benzene rings is 3. The summed E-state index contributed by atoms with van der Waals surface area (Å²) in [6.07, 6.45) is 2.88. The number of hydrogen-bond donors (Lipinski definition) is 1. The SMILES string of the molecule is COc1ccc2cc([C@@H](c3nnnn3Cc3ccccc3)N3CC=C(c4ccc(F)cc4)CC3)c(=O)[nH]c2c1. The zero-order valence-corrected chi connectivity index (χ0v) is 21.4. The summed E-state index contributed by atoms with van der Waals surface area (Å²) in [6, 6.07) is 23.6. The molecule has 9 heteroatoms. The molecule has 8 nitrogen and oxygen atoms in total. The minimum Gasteiger partial charge on any atom is -0.497 e. The standard InChI is InChI=1S/C30H27FN6O2/c1-39-25-12-9-23-17-26(30(38)32-27(23)18-25)28(29-33-34-35-37(29)19-20-5-3-2-4-6-20)36-15-13-22(14-16-36)21-7-10-24(31)11-8-21/h2-13,17-18,28H,14-16,19H2,1H3,(H,32,38)/t28-/m0/s1. The van der Waals surface area contributed by atoms with E-state index in [1.807, 2.05) is 54.6 Å². The molecule has 1 aliphatic heterocycles. The second kappa shape index (κ2) is 10.6. The molecule has 0 saturated carbocycles. The van der Waals surface area contributed by atoms with Gasteiger partial charge in [0, 0.05) is 24.7 Å². The molecule has 3 heterocycles. The Morgan fingerprint density at radius 2 is 1.87 bits per heavy atom. The van der Waals surface area contributed by atoms with Gasteiger partial charge in [-0.15, -0.1) is 5.10 Å². The van der Waals surface area contributed by atoms with Gasteiger partial charge in [0.15, 0.2) is 5.82 Å². The molecule has 0 radical (unpaired) electrons. The van der Waals surface area contributed by atoms with Crippen LogP contribution in [0.5, 0.6) is 5.75 Å². The van der Waals surface area contributed by atoms with Crippen LogP contribution in [0.25, 0.3) is 16.5 Å². The van der Waals surface area contributed by atoms with E-state index < -0.39 is 6.04 Å². The summed E-state index contributed by atoms with van der Waals surface area (Å²) in [4.78, 5) is 18.8. The predicted octanol–water partition coefficient (Wildman–Crippen LogP) is 4.59. The number of methoxy groups -OCH3 is 1. The lowest BCUT2D eigenvalue weighted by Crippen LogP contribution is -2.38. The number of ether oxygens (including phenoxy) is 1. The van der Waals surface area contributed by atoms with E-state index in [1.165, 1.54) is 12.1 Å². The van der Waals surface area contributed by atoms with Gasteiger partial charge >= 0.3 is 0 Å². The first-order valence-corrected chi connectivity index (χ1v) is 12.8. The third-order valence-electron chi connectivity index (χ3n) is 7.18. The number of nitrogens with one attached hydrogen (secondary N) is 1. The van der Waals surface area contributed by atoms with Gasteiger partial charge < -0.3 is 9.72 Å². The Kier molecular flexibility index (Phi) is 6.73. The molecule has 0 unspecified atom stereocenters. The summed E-state index contributed by atoms with van der Waals surface area (Å²) in [5, 5.41) is 13.6. The molecule has 0 amide bonds. The largest absolute Gasteiger partial charge is 0.497 e. The van der Waals surface area contributed by atoms with Crippen molar-refractivity contribution < 1.29 is 9.13 Å². The van der Waals surface area contributed by atoms with Crippen molar-refractivity contribution in [3.05, 3.63) is 124 Å². The van der Waals surface area contributed by atoms with Crippen molar-refractivity contribution in [2.75, 3.05) is 20.2 Å². The minimum atomic E-state index is -0.481. The molecule has 5 aromatic rings. The van der Waals surface area contributed by atoms with Crippen molar-refractivity contribution in [2.24, 2.45) is 0 Å². The van der Waals surface area contributed by atoms with E-state index in [9.17, 15) is 9.18 Å². The van der Waals surface area contributed by atoms with E-state index in [-0.39, 0.29) is 11.4 Å². The average Bonchev–Trinajstić information content (AvgIpc) is 3.42. The summed E-state index contributed by atoms with van der Waals surface area (Å²) in [6.45, 7) is 1.73. The highest BCUT2D eigenvalue weighted by atomic mass is 19.1. The number of pyridine rings is 1. The lowest BCUT2D eigenvalue weighted by Gasteiger charge is -2.33. The summed E-state index contributed by atoms with van der Waals surface area (Å²) in [5.41, 5.74) is 4.26. The second-order valence-electron chi connectivity index (χ2n) is 9.57. The van der Waals surface area contributed by atoms with E-state index in [0.717, 1.165) is 28.5 Å². The molecule has 0 bridgehead atoms. The first-order chi connectivity index (χ1) is 19.1. The normalized spacial score (nSPS) is 14.8. The molecule has 3 aromatic carbocycles. The van der Waals surface area contributed by atoms with Gasteiger partial charge in [-0.25, -0.2) is 9.07 Å². The topological polar surface area (TPSA) is 88.9 Å². The van der Waals surface area contributed by atoms with E-state index in [1.54, 1.807) is 23.9 Å². The summed E-state index contributed by atoms with van der Waals surface area (Å²) < 4.78 is 20.6. The number of nitrogens with zero attached hydrogens (tertiary/aromatic N) is 5. The molecule has 1 atom stereocenters. The first-order valence-electron chi connectivity index (χ1n) is 12.8. The van der Waals surface area contributed by atoms with Crippen LogP contribution in [0.1, 0.15) is 35.0 Å². The van der Waals surface area contributed by atoms with Crippen molar-refractivity contribution in [3.63, 3.8) is 0 Å². The number of tetrazole rings is 1. The molecule has 1 aliphatic rings. The Labute approximate surface area is 224 Å². The van der Waals surface area contributed by atoms with Gasteiger partial charge in [0.1, 0.15) is 17.6 Å². The van der Waals surface area contributed by atoms with Gasteiger partial charge in [0.2, 0.25) is 0 Å². The Morgan fingerprint density at radius 3 is 2.62 bits per heavy atom. The number of aromatic nitrogens is 5. The van der Waals surface area contributed by atoms with Gasteiger partial charge in [0.05, 0.1) is 19.2 Å². The van der Waals surface area contributed by atoms with Crippen LogP contribution >= 0.6 is 0 Å². The Bertz CT molecular complexity index is 1690. The highest BCUT2D eigenvalue weighted by molar-refractivity contribution is 5.80. The van der Waals surface area contributed by atoms with Crippen molar-refractivity contribution in [1.29, 1.82) is 0 Å². The van der Waals surface area contributed by atoms with E-state index >= 15 is 0 Å². The molecule has 39 heavy (non-hydrogen) atoms. The monoisotopic (exact) mass is 522 g/mol. The van der Waals surface area contributed by atoms with Gasteiger partial charge in [-0.2, -0.15) is 0 Å². The van der Waals surface area contributed by atoms with E-state index in [4.69, 9.17) is 4.74 Å². The van der Waals surface area contributed by atoms with Gasteiger partial charge in [-0.05, 0) is 69.3 Å². The Balaban J connectivity index is 1.41. The van der Waals surface area contributed by atoms with E-state index in [2.05, 4.69) is 31.5 Å². The average molecular weight is 523 g/mol. The fourth-order valence-corrected chi connectivity index (χ4v) is 5.15. The third-order valence-corrected chi connectivity index (χ3v) is 7.18. The molecule has 0 spiro atoms. The predicted molar refractivity (Wildman–Crippen MR) is 147 cm³/mol. The number of hydrogen-bond acceptors (Lipinski definition) is 6. The quantitative estimate of drug-likeness (QED) is 0.336. The van der Waals surface area contributed by atoms with Gasteiger partial charge in [-0.3, -0.25) is 9.69 Å². The van der Waals surface area contributed by atoms with Crippen LogP contribution in [0.4, 0.5) is 4.39 Å². The lowest BCUT2D eigenvalue weighted by molar-refractivity contribution is 0.234. The minimum absolute atomic E-state index is 0.205. The maximum Gasteiger partial charge on any atom is 0.253 e. The van der Waals surface area contributed by atoms with Crippen molar-refractivity contribution in [3.8, 4) is 5.75 Å². The number of rotatable bonds is 7. The van der Waals surface area contributed by atoms with Crippen molar-refractivity contribution >= 4 is 16.5 Å². The number of fused-ring (bicyclic) bond motifs is 1. The Morgan fingerprint density at radius 1 is 1.05 bits per heavy atom. The maximum absolute atomic E-state index is 13.5. The zero-order valence-electron chi connectivity index (χ0n) is 21.4. The maximum atomic E-state index is 13.5. The molecule has 0 saturated heterocycles. The van der Waals surface area contributed by atoms with Crippen LogP contribution in [-0.4, -0.2) is 50.3 Å². The van der Waals surface area contributed by atoms with Crippen LogP contribution in [0.15, 0.2) is 89.7 Å². The zero-order chi connectivity index (χ0) is 26.8. The van der Waals surface area contributed by atoms with Crippen LogP contribution in [0, 0.1) is 5.82 Å². The van der Waals surface area contributed by atoms with Crippen LogP contribution in [0.2, 0.25) is 0 Å². The smallest absolute Gasteiger partial charge is 0.253 e. The van der Waals surface area contributed by atoms with Gasteiger partial charge in [-0.1, -0.05) is 48.5 Å². The van der Waals surface area contributed by atoms with Crippen molar-refractivity contribution in [1.82, 2.24) is 30.1 Å². The van der Waals surface area contributed by atoms with Crippen molar-refractivity contribution in [2.45, 2.75) is 19.0 Å². The number of aromatic amines is 1. The number of halogens is 1. The summed E-state index contributed by atoms with van der Waals surface area (Å²) in [5.74, 6) is 1.01. The second-order valence-corrected chi connectivity index (χ2v) is 9.57. The first kappa shape index (κ1) is 24.7. The highest BCUT2D eigenvalue weighted by Crippen LogP contribution is 2.32. The lowest BCUT2D eigenvalue weighted by atomic mass is 9.96. The fraction of sp³-hybridized carbons (Fsp3) is 0.200. The molecule has 6 rings (SSSR count). The molecular formula is C30H27FN6O2. The van der Waals surface area contributed by atoms with Crippen LogP contribution in [0.3, 0.4) is 0 Å². The highest BCUT2D eigenvalue weighted by Gasteiger charge is 2.31. The molecule has 0 aliphatic carbocycles.